The summed E-state index contributed by atoms with van der Waals surface area (Å²) >= 11 is 0. The standard InChI is InChI=1S/C18H23F3N4O/c1-14-11-17(26-23-14)13-22-5-6-24-7-9-25(10-8-24)16-4-2-3-15(12-16)18(19,20)21/h2-4,11-12,22H,5-10,13H2,1H3. The largest absolute Gasteiger partial charge is 0.416 e. The summed E-state index contributed by atoms with van der Waals surface area (Å²) in [6, 6.07) is 7.46. The van der Waals surface area contributed by atoms with Gasteiger partial charge in [0.25, 0.3) is 0 Å². The van der Waals surface area contributed by atoms with Crippen LogP contribution in [-0.2, 0) is 12.7 Å². The molecule has 1 aliphatic rings. The molecule has 1 saturated heterocycles. The van der Waals surface area contributed by atoms with Crippen molar-refractivity contribution >= 4 is 5.69 Å². The zero-order valence-corrected chi connectivity index (χ0v) is 14.7. The Morgan fingerprint density at radius 1 is 1.15 bits per heavy atom. The number of nitrogens with one attached hydrogen (secondary N) is 1. The molecule has 3 rings (SSSR count). The van der Waals surface area contributed by atoms with Gasteiger partial charge in [0.05, 0.1) is 17.8 Å². The smallest absolute Gasteiger partial charge is 0.369 e. The maximum atomic E-state index is 12.8. The van der Waals surface area contributed by atoms with E-state index in [0.29, 0.717) is 12.2 Å². The van der Waals surface area contributed by atoms with Crippen LogP contribution in [0.2, 0.25) is 0 Å². The number of rotatable bonds is 6. The molecule has 1 aromatic carbocycles. The van der Waals surface area contributed by atoms with Crippen LogP contribution in [0.3, 0.4) is 0 Å². The van der Waals surface area contributed by atoms with Crippen molar-refractivity contribution in [3.05, 3.63) is 47.3 Å². The molecular formula is C18H23F3N4O. The van der Waals surface area contributed by atoms with E-state index >= 15 is 0 Å². The van der Waals surface area contributed by atoms with E-state index in [1.54, 1.807) is 6.07 Å². The lowest BCUT2D eigenvalue weighted by Gasteiger charge is -2.36. The van der Waals surface area contributed by atoms with Crippen LogP contribution in [0, 0.1) is 6.92 Å². The van der Waals surface area contributed by atoms with Gasteiger partial charge in [-0.25, -0.2) is 0 Å². The average molecular weight is 368 g/mol. The summed E-state index contributed by atoms with van der Waals surface area (Å²) in [5.74, 6) is 0.817. The molecule has 0 bridgehead atoms. The fraction of sp³-hybridized carbons (Fsp3) is 0.500. The highest BCUT2D eigenvalue weighted by molar-refractivity contribution is 5.49. The minimum atomic E-state index is -4.30. The minimum absolute atomic E-state index is 0.593. The van der Waals surface area contributed by atoms with Crippen LogP contribution in [-0.4, -0.2) is 49.3 Å². The first-order chi connectivity index (χ1) is 12.4. The lowest BCUT2D eigenvalue weighted by atomic mass is 10.1. The lowest BCUT2D eigenvalue weighted by Crippen LogP contribution is -2.48. The molecule has 0 amide bonds. The molecule has 1 fully saturated rings. The number of alkyl halides is 3. The highest BCUT2D eigenvalue weighted by Gasteiger charge is 2.31. The van der Waals surface area contributed by atoms with Crippen LogP contribution in [0.15, 0.2) is 34.9 Å². The van der Waals surface area contributed by atoms with Crippen LogP contribution in [0.5, 0.6) is 0 Å². The van der Waals surface area contributed by atoms with Crippen molar-refractivity contribution in [2.75, 3.05) is 44.2 Å². The third-order valence-electron chi connectivity index (χ3n) is 4.49. The fourth-order valence-corrected chi connectivity index (χ4v) is 3.06. The van der Waals surface area contributed by atoms with Gasteiger partial charge in [-0.05, 0) is 25.1 Å². The Hall–Kier alpha value is -2.06. The molecule has 2 aromatic rings. The number of piperazine rings is 1. The Morgan fingerprint density at radius 3 is 2.58 bits per heavy atom. The number of aryl methyl sites for hydroxylation is 1. The van der Waals surface area contributed by atoms with E-state index in [9.17, 15) is 13.2 Å². The molecule has 26 heavy (non-hydrogen) atoms. The van der Waals surface area contributed by atoms with Crippen molar-refractivity contribution in [3.8, 4) is 0 Å². The normalized spacial score (nSPS) is 16.2. The van der Waals surface area contributed by atoms with E-state index in [4.69, 9.17) is 4.52 Å². The first-order valence-corrected chi connectivity index (χ1v) is 8.69. The number of nitrogens with zero attached hydrogens (tertiary/aromatic N) is 3. The molecule has 1 aliphatic heterocycles. The summed E-state index contributed by atoms with van der Waals surface area (Å²) in [6.45, 7) is 7.36. The number of halogens is 3. The first kappa shape index (κ1) is 18.7. The van der Waals surface area contributed by atoms with Crippen LogP contribution in [0.1, 0.15) is 17.0 Å². The van der Waals surface area contributed by atoms with E-state index in [2.05, 4.69) is 15.4 Å². The molecule has 0 spiro atoms. The predicted molar refractivity (Wildman–Crippen MR) is 93.0 cm³/mol. The van der Waals surface area contributed by atoms with Gasteiger partial charge in [0, 0.05) is 51.0 Å². The summed E-state index contributed by atoms with van der Waals surface area (Å²) in [5, 5.41) is 7.16. The van der Waals surface area contributed by atoms with Gasteiger partial charge in [0.1, 0.15) is 0 Å². The Balaban J connectivity index is 1.41. The predicted octanol–water partition coefficient (Wildman–Crippen LogP) is 2.91. The second-order valence-corrected chi connectivity index (χ2v) is 6.49. The van der Waals surface area contributed by atoms with E-state index in [0.717, 1.165) is 56.8 Å². The van der Waals surface area contributed by atoms with Crippen molar-refractivity contribution in [2.45, 2.75) is 19.6 Å². The molecule has 2 heterocycles. The summed E-state index contributed by atoms with van der Waals surface area (Å²) in [5.41, 5.74) is 0.912. The van der Waals surface area contributed by atoms with Gasteiger partial charge in [-0.2, -0.15) is 13.2 Å². The Kier molecular flexibility index (Phi) is 5.83. The van der Waals surface area contributed by atoms with Crippen LogP contribution >= 0.6 is 0 Å². The van der Waals surface area contributed by atoms with Gasteiger partial charge < -0.3 is 14.7 Å². The van der Waals surface area contributed by atoms with E-state index in [1.165, 1.54) is 12.1 Å². The molecule has 0 unspecified atom stereocenters. The number of hydrogen-bond acceptors (Lipinski definition) is 5. The van der Waals surface area contributed by atoms with Crippen molar-refractivity contribution in [1.82, 2.24) is 15.4 Å². The van der Waals surface area contributed by atoms with Gasteiger partial charge in [-0.1, -0.05) is 11.2 Å². The topological polar surface area (TPSA) is 44.5 Å². The molecule has 8 heteroatoms. The second-order valence-electron chi connectivity index (χ2n) is 6.49. The molecule has 1 N–H and O–H groups in total. The van der Waals surface area contributed by atoms with Gasteiger partial charge >= 0.3 is 6.18 Å². The van der Waals surface area contributed by atoms with Crippen molar-refractivity contribution in [2.24, 2.45) is 0 Å². The number of aromatic nitrogens is 1. The van der Waals surface area contributed by atoms with Crippen molar-refractivity contribution in [1.29, 1.82) is 0 Å². The van der Waals surface area contributed by atoms with Gasteiger partial charge in [-0.15, -0.1) is 0 Å². The maximum absolute atomic E-state index is 12.8. The van der Waals surface area contributed by atoms with E-state index in [-0.39, 0.29) is 0 Å². The Morgan fingerprint density at radius 2 is 1.92 bits per heavy atom. The molecule has 1 aromatic heterocycles. The number of anilines is 1. The first-order valence-electron chi connectivity index (χ1n) is 8.69. The van der Waals surface area contributed by atoms with E-state index < -0.39 is 11.7 Å². The molecule has 0 radical (unpaired) electrons. The Bertz CT molecular complexity index is 708. The fourth-order valence-electron chi connectivity index (χ4n) is 3.06. The number of hydrogen-bond donors (Lipinski definition) is 1. The summed E-state index contributed by atoms with van der Waals surface area (Å²) in [4.78, 5) is 4.32. The van der Waals surface area contributed by atoms with Crippen LogP contribution in [0.25, 0.3) is 0 Å². The van der Waals surface area contributed by atoms with E-state index in [1.807, 2.05) is 17.9 Å². The molecule has 142 valence electrons. The highest BCUT2D eigenvalue weighted by atomic mass is 19.4. The number of benzene rings is 1. The third-order valence-corrected chi connectivity index (χ3v) is 4.49. The van der Waals surface area contributed by atoms with Crippen LogP contribution < -0.4 is 10.2 Å². The third kappa shape index (κ3) is 4.98. The van der Waals surface area contributed by atoms with Gasteiger partial charge in [0.2, 0.25) is 0 Å². The van der Waals surface area contributed by atoms with Crippen LogP contribution in [0.4, 0.5) is 18.9 Å². The quantitative estimate of drug-likeness (QED) is 0.795. The monoisotopic (exact) mass is 368 g/mol. The molecule has 0 aliphatic carbocycles. The highest BCUT2D eigenvalue weighted by Crippen LogP contribution is 2.31. The lowest BCUT2D eigenvalue weighted by molar-refractivity contribution is -0.137. The summed E-state index contributed by atoms with van der Waals surface area (Å²) < 4.78 is 43.7. The Labute approximate surface area is 150 Å². The molecule has 5 nitrogen and oxygen atoms in total. The summed E-state index contributed by atoms with van der Waals surface area (Å²) in [7, 11) is 0. The molecular weight excluding hydrogens is 345 g/mol. The average Bonchev–Trinajstić information content (AvgIpc) is 3.04. The zero-order chi connectivity index (χ0) is 18.6. The SMILES string of the molecule is Cc1cc(CNCCN2CCN(c3cccc(C(F)(F)F)c3)CC2)on1. The minimum Gasteiger partial charge on any atom is -0.369 e. The van der Waals surface area contributed by atoms with Crippen molar-refractivity contribution < 1.29 is 17.7 Å². The van der Waals surface area contributed by atoms with Crippen molar-refractivity contribution in [3.63, 3.8) is 0 Å². The molecule has 0 atom stereocenters. The maximum Gasteiger partial charge on any atom is 0.416 e. The summed E-state index contributed by atoms with van der Waals surface area (Å²) in [6.07, 6.45) is -4.30. The van der Waals surface area contributed by atoms with Gasteiger partial charge in [0.15, 0.2) is 5.76 Å². The second kappa shape index (κ2) is 8.09. The molecule has 0 saturated carbocycles. The zero-order valence-electron chi connectivity index (χ0n) is 14.7. The van der Waals surface area contributed by atoms with Gasteiger partial charge in [-0.3, -0.25) is 4.90 Å².